The van der Waals surface area contributed by atoms with Crippen LogP contribution >= 0.6 is 0 Å². The highest BCUT2D eigenvalue weighted by Crippen LogP contribution is 2.36. The van der Waals surface area contributed by atoms with Crippen molar-refractivity contribution < 1.29 is 0 Å². The first kappa shape index (κ1) is 11.6. The molecule has 3 aliphatic rings. The number of rotatable bonds is 7. The molecule has 1 heterocycles. The Kier molecular flexibility index (Phi) is 2.91. The lowest BCUT2D eigenvalue weighted by atomic mass is 10.3. The largest absolute Gasteiger partial charge is 0.352 e. The standard InChI is InChI=1S/C15H22N4/c1-2-11(1)10-19(14-5-6-14)15-9-16-7-13(18-15)8-17-12-3-4-12/h7,9,11-12,14,17H,1-6,8,10H2. The van der Waals surface area contributed by atoms with Gasteiger partial charge in [0.05, 0.1) is 11.9 Å². The maximum atomic E-state index is 4.82. The number of aromatic nitrogens is 2. The predicted molar refractivity (Wildman–Crippen MR) is 75.0 cm³/mol. The van der Waals surface area contributed by atoms with Crippen molar-refractivity contribution in [2.75, 3.05) is 11.4 Å². The molecule has 3 aliphatic carbocycles. The molecule has 0 saturated heterocycles. The smallest absolute Gasteiger partial charge is 0.147 e. The van der Waals surface area contributed by atoms with Crippen molar-refractivity contribution in [1.82, 2.24) is 15.3 Å². The highest BCUT2D eigenvalue weighted by Gasteiger charge is 2.34. The van der Waals surface area contributed by atoms with Gasteiger partial charge in [0.1, 0.15) is 5.82 Å². The third-order valence-corrected chi connectivity index (χ3v) is 4.25. The summed E-state index contributed by atoms with van der Waals surface area (Å²) in [4.78, 5) is 11.7. The van der Waals surface area contributed by atoms with Gasteiger partial charge in [-0.05, 0) is 44.4 Å². The first-order valence-electron chi connectivity index (χ1n) is 7.69. The van der Waals surface area contributed by atoms with Gasteiger partial charge in [0, 0.05) is 31.4 Å². The zero-order chi connectivity index (χ0) is 12.7. The topological polar surface area (TPSA) is 41.1 Å². The third kappa shape index (κ3) is 3.06. The first-order chi connectivity index (χ1) is 9.38. The van der Waals surface area contributed by atoms with Crippen molar-refractivity contribution in [2.45, 2.75) is 57.2 Å². The van der Waals surface area contributed by atoms with Crippen LogP contribution in [-0.2, 0) is 6.54 Å². The van der Waals surface area contributed by atoms with Gasteiger partial charge >= 0.3 is 0 Å². The van der Waals surface area contributed by atoms with E-state index in [4.69, 9.17) is 4.98 Å². The van der Waals surface area contributed by atoms with E-state index in [0.29, 0.717) is 0 Å². The molecular weight excluding hydrogens is 236 g/mol. The second-order valence-electron chi connectivity index (χ2n) is 6.35. The minimum absolute atomic E-state index is 0.733. The Hall–Kier alpha value is -1.16. The molecule has 4 heteroatoms. The van der Waals surface area contributed by atoms with E-state index in [1.54, 1.807) is 0 Å². The van der Waals surface area contributed by atoms with Crippen LogP contribution in [0.1, 0.15) is 44.2 Å². The molecule has 102 valence electrons. The number of anilines is 1. The average Bonchev–Trinajstić information content (AvgIpc) is 3.29. The maximum absolute atomic E-state index is 4.82. The Morgan fingerprint density at radius 2 is 1.95 bits per heavy atom. The molecule has 1 N–H and O–H groups in total. The summed E-state index contributed by atoms with van der Waals surface area (Å²) in [6.07, 6.45) is 12.0. The lowest BCUT2D eigenvalue weighted by Gasteiger charge is -2.23. The molecule has 0 aromatic carbocycles. The Morgan fingerprint density at radius 3 is 2.63 bits per heavy atom. The molecule has 1 aromatic rings. The fourth-order valence-corrected chi connectivity index (χ4v) is 2.55. The van der Waals surface area contributed by atoms with Crippen molar-refractivity contribution in [2.24, 2.45) is 5.92 Å². The van der Waals surface area contributed by atoms with Crippen molar-refractivity contribution >= 4 is 5.82 Å². The lowest BCUT2D eigenvalue weighted by molar-refractivity contribution is 0.662. The van der Waals surface area contributed by atoms with E-state index in [2.05, 4.69) is 15.2 Å². The maximum Gasteiger partial charge on any atom is 0.147 e. The summed E-state index contributed by atoms with van der Waals surface area (Å²) in [7, 11) is 0. The van der Waals surface area contributed by atoms with E-state index in [1.165, 1.54) is 45.1 Å². The van der Waals surface area contributed by atoms with Gasteiger partial charge in [0.2, 0.25) is 0 Å². The first-order valence-corrected chi connectivity index (χ1v) is 7.69. The van der Waals surface area contributed by atoms with Gasteiger partial charge in [-0.3, -0.25) is 4.98 Å². The van der Waals surface area contributed by atoms with Crippen LogP contribution in [0.5, 0.6) is 0 Å². The summed E-state index contributed by atoms with van der Waals surface area (Å²) in [5, 5.41) is 3.52. The Labute approximate surface area is 114 Å². The Morgan fingerprint density at radius 1 is 1.11 bits per heavy atom. The molecule has 4 rings (SSSR count). The normalized spacial score (nSPS) is 22.5. The molecule has 4 nitrogen and oxygen atoms in total. The number of hydrogen-bond acceptors (Lipinski definition) is 4. The summed E-state index contributed by atoms with van der Waals surface area (Å²) in [5.74, 6) is 2.01. The van der Waals surface area contributed by atoms with Gasteiger partial charge < -0.3 is 10.2 Å². The second kappa shape index (κ2) is 4.75. The molecule has 1 aromatic heterocycles. The molecule has 0 radical (unpaired) electrons. The van der Waals surface area contributed by atoms with Crippen LogP contribution < -0.4 is 10.2 Å². The molecule has 3 saturated carbocycles. The van der Waals surface area contributed by atoms with Crippen LogP contribution in [0, 0.1) is 5.92 Å². The van der Waals surface area contributed by atoms with Gasteiger partial charge in [-0.1, -0.05) is 0 Å². The summed E-state index contributed by atoms with van der Waals surface area (Å²) < 4.78 is 0. The molecule has 0 unspecified atom stereocenters. The summed E-state index contributed by atoms with van der Waals surface area (Å²) >= 11 is 0. The average molecular weight is 258 g/mol. The molecule has 0 bridgehead atoms. The lowest BCUT2D eigenvalue weighted by Crippen LogP contribution is -2.29. The number of nitrogens with zero attached hydrogens (tertiary/aromatic N) is 3. The Bertz CT molecular complexity index is 449. The van der Waals surface area contributed by atoms with E-state index < -0.39 is 0 Å². The third-order valence-electron chi connectivity index (χ3n) is 4.25. The van der Waals surface area contributed by atoms with E-state index in [0.717, 1.165) is 36.1 Å². The van der Waals surface area contributed by atoms with E-state index in [-0.39, 0.29) is 0 Å². The summed E-state index contributed by atoms with van der Waals surface area (Å²) in [5.41, 5.74) is 1.09. The fraction of sp³-hybridized carbons (Fsp3) is 0.733. The number of hydrogen-bond donors (Lipinski definition) is 1. The molecule has 0 spiro atoms. The monoisotopic (exact) mass is 258 g/mol. The number of nitrogens with one attached hydrogen (secondary N) is 1. The molecule has 0 atom stereocenters. The van der Waals surface area contributed by atoms with Crippen LogP contribution in [0.15, 0.2) is 12.4 Å². The zero-order valence-electron chi connectivity index (χ0n) is 11.4. The zero-order valence-corrected chi connectivity index (χ0v) is 11.4. The highest BCUT2D eigenvalue weighted by atomic mass is 15.2. The molecule has 19 heavy (non-hydrogen) atoms. The van der Waals surface area contributed by atoms with Gasteiger partial charge in [-0.25, -0.2) is 4.98 Å². The highest BCUT2D eigenvalue weighted by molar-refractivity contribution is 5.40. The molecular formula is C15H22N4. The van der Waals surface area contributed by atoms with Crippen LogP contribution in [0.4, 0.5) is 5.82 Å². The second-order valence-corrected chi connectivity index (χ2v) is 6.35. The van der Waals surface area contributed by atoms with Gasteiger partial charge in [-0.2, -0.15) is 0 Å². The van der Waals surface area contributed by atoms with Crippen molar-refractivity contribution in [1.29, 1.82) is 0 Å². The minimum Gasteiger partial charge on any atom is -0.352 e. The molecule has 3 fully saturated rings. The van der Waals surface area contributed by atoms with Crippen LogP contribution in [0.25, 0.3) is 0 Å². The van der Waals surface area contributed by atoms with Crippen LogP contribution in [-0.4, -0.2) is 28.6 Å². The summed E-state index contributed by atoms with van der Waals surface area (Å²) in [6, 6.07) is 1.47. The molecule has 0 aliphatic heterocycles. The fourth-order valence-electron chi connectivity index (χ4n) is 2.55. The predicted octanol–water partition coefficient (Wildman–Crippen LogP) is 2.11. The van der Waals surface area contributed by atoms with Crippen molar-refractivity contribution in [3.63, 3.8) is 0 Å². The SMILES string of the molecule is c1ncc(N(CC2CC2)C2CC2)nc1CNC1CC1. The van der Waals surface area contributed by atoms with Crippen LogP contribution in [0.2, 0.25) is 0 Å². The van der Waals surface area contributed by atoms with Crippen molar-refractivity contribution in [3.8, 4) is 0 Å². The van der Waals surface area contributed by atoms with Crippen molar-refractivity contribution in [3.05, 3.63) is 18.1 Å². The van der Waals surface area contributed by atoms with Crippen LogP contribution in [0.3, 0.4) is 0 Å². The Balaban J connectivity index is 1.45. The van der Waals surface area contributed by atoms with Gasteiger partial charge in [0.25, 0.3) is 0 Å². The van der Waals surface area contributed by atoms with E-state index in [9.17, 15) is 0 Å². The summed E-state index contributed by atoms with van der Waals surface area (Å²) in [6.45, 7) is 2.06. The van der Waals surface area contributed by atoms with E-state index in [1.807, 2.05) is 12.4 Å². The van der Waals surface area contributed by atoms with Gasteiger partial charge in [0.15, 0.2) is 0 Å². The van der Waals surface area contributed by atoms with Gasteiger partial charge in [-0.15, -0.1) is 0 Å². The quantitative estimate of drug-likeness (QED) is 0.813. The molecule has 0 amide bonds. The minimum atomic E-state index is 0.733. The van der Waals surface area contributed by atoms with E-state index >= 15 is 0 Å².